The van der Waals surface area contributed by atoms with Gasteiger partial charge in [-0.15, -0.1) is 13.2 Å². The summed E-state index contributed by atoms with van der Waals surface area (Å²) in [6, 6.07) is 16.0. The molecule has 0 saturated carbocycles. The van der Waals surface area contributed by atoms with Crippen LogP contribution in [0.1, 0.15) is 27.7 Å². The van der Waals surface area contributed by atoms with Gasteiger partial charge in [0.25, 0.3) is 10.0 Å². The molecular weight excluding hydrogens is 438 g/mol. The molecule has 33 heavy (non-hydrogen) atoms. The summed E-state index contributed by atoms with van der Waals surface area (Å²) >= 11 is 0. The monoisotopic (exact) mass is 471 g/mol. The van der Waals surface area contributed by atoms with E-state index in [9.17, 15) is 13.2 Å². The van der Waals surface area contributed by atoms with Crippen molar-refractivity contribution in [3.05, 3.63) is 73.8 Å². The van der Waals surface area contributed by atoms with Gasteiger partial charge in [0.15, 0.2) is 0 Å². The second kappa shape index (κ2) is 13.1. The number of fused-ring (bicyclic) bond motifs is 1. The first kappa shape index (κ1) is 27.5. The predicted octanol–water partition coefficient (Wildman–Crippen LogP) is 5.99. The third-order valence-electron chi connectivity index (χ3n) is 4.08. The van der Waals surface area contributed by atoms with Crippen molar-refractivity contribution in [2.24, 2.45) is 11.7 Å². The zero-order valence-electron chi connectivity index (χ0n) is 19.6. The maximum Gasteiger partial charge on any atom is 0.316 e. The summed E-state index contributed by atoms with van der Waals surface area (Å²) in [5.41, 5.74) is 5.91. The van der Waals surface area contributed by atoms with Gasteiger partial charge in [0, 0.05) is 11.4 Å². The minimum Gasteiger partial charge on any atom is -0.493 e. The highest BCUT2D eigenvalue weighted by Crippen LogP contribution is 2.26. The third kappa shape index (κ3) is 8.50. The van der Waals surface area contributed by atoms with Crippen molar-refractivity contribution in [3.8, 4) is 5.75 Å². The number of carbonyl (C=O) groups excluding carboxylic acids is 1. The average Bonchev–Trinajstić information content (AvgIpc) is 2.80. The summed E-state index contributed by atoms with van der Waals surface area (Å²) < 4.78 is 33.6. The molecule has 0 radical (unpaired) electrons. The first-order chi connectivity index (χ1) is 15.7. The zero-order valence-corrected chi connectivity index (χ0v) is 20.4. The molecule has 0 saturated heterocycles. The number of rotatable bonds is 7. The van der Waals surface area contributed by atoms with Crippen LogP contribution in [-0.4, -0.2) is 21.1 Å². The van der Waals surface area contributed by atoms with Gasteiger partial charge in [0.2, 0.25) is 0 Å². The summed E-state index contributed by atoms with van der Waals surface area (Å²) in [6.45, 7) is 14.8. The molecule has 0 unspecified atom stereocenters. The molecule has 0 aliphatic heterocycles. The molecule has 0 bridgehead atoms. The van der Waals surface area contributed by atoms with Crippen LogP contribution in [0.25, 0.3) is 10.8 Å². The Morgan fingerprint density at radius 3 is 2.06 bits per heavy atom. The molecule has 3 aromatic carbocycles. The van der Waals surface area contributed by atoms with Crippen LogP contribution in [0.15, 0.2) is 78.7 Å². The van der Waals surface area contributed by atoms with Crippen LogP contribution >= 0.6 is 0 Å². The number of amides is 2. The lowest BCUT2D eigenvalue weighted by molar-refractivity contribution is 0.259. The number of benzene rings is 3. The smallest absolute Gasteiger partial charge is 0.316 e. The molecule has 8 heteroatoms. The highest BCUT2D eigenvalue weighted by molar-refractivity contribution is 7.92. The first-order valence-electron chi connectivity index (χ1n) is 10.6. The van der Waals surface area contributed by atoms with Crippen molar-refractivity contribution in [3.63, 3.8) is 0 Å². The zero-order chi connectivity index (χ0) is 25.0. The molecular formula is C25H33N3O4S. The Morgan fingerprint density at radius 1 is 0.939 bits per heavy atom. The lowest BCUT2D eigenvalue weighted by Crippen LogP contribution is -2.19. The number of ether oxygens (including phenoxy) is 1. The molecule has 4 N–H and O–H groups in total. The van der Waals surface area contributed by atoms with Crippen molar-refractivity contribution >= 4 is 38.2 Å². The Bertz CT molecular complexity index is 1140. The van der Waals surface area contributed by atoms with Crippen molar-refractivity contribution in [1.29, 1.82) is 0 Å². The molecule has 0 fully saturated rings. The Morgan fingerprint density at radius 2 is 1.48 bits per heavy atom. The van der Waals surface area contributed by atoms with E-state index in [1.165, 1.54) is 24.3 Å². The van der Waals surface area contributed by atoms with Gasteiger partial charge in [0.05, 0.1) is 11.5 Å². The normalized spacial score (nSPS) is 10.3. The number of carbonyl (C=O) groups is 1. The van der Waals surface area contributed by atoms with Crippen LogP contribution in [0.2, 0.25) is 0 Å². The maximum absolute atomic E-state index is 12.6. The second-order valence-corrected chi connectivity index (χ2v) is 8.73. The minimum absolute atomic E-state index is 0.0741. The van der Waals surface area contributed by atoms with Crippen molar-refractivity contribution < 1.29 is 17.9 Å². The van der Waals surface area contributed by atoms with Crippen molar-refractivity contribution in [2.75, 3.05) is 16.6 Å². The molecule has 0 atom stereocenters. The van der Waals surface area contributed by atoms with E-state index in [1.807, 2.05) is 38.1 Å². The standard InChI is InChI=1S/C21H23N3O4S.C2H6.C2H4/c1-14(2)13-28-19-8-4-15-11-18(5-3-16(15)12-19)24-29(26,27)20-9-6-17(7-10-20)23-21(22)25;2*1-2/h3-12,14,24H,13H2,1-2H3,(H3,22,23,25);1-2H3;1-2H2. The van der Waals surface area contributed by atoms with Gasteiger partial charge in [-0.1, -0.05) is 39.8 Å². The lowest BCUT2D eigenvalue weighted by Gasteiger charge is -2.11. The first-order valence-corrected chi connectivity index (χ1v) is 12.1. The number of hydrogen-bond donors (Lipinski definition) is 3. The van der Waals surface area contributed by atoms with Crippen LogP contribution < -0.4 is 20.5 Å². The topological polar surface area (TPSA) is 111 Å². The fourth-order valence-corrected chi connectivity index (χ4v) is 3.76. The van der Waals surface area contributed by atoms with E-state index in [0.717, 1.165) is 16.5 Å². The molecule has 2 amide bonds. The van der Waals surface area contributed by atoms with Gasteiger partial charge in [0.1, 0.15) is 5.75 Å². The average molecular weight is 472 g/mol. The van der Waals surface area contributed by atoms with Gasteiger partial charge in [-0.2, -0.15) is 0 Å². The van der Waals surface area contributed by atoms with E-state index < -0.39 is 16.1 Å². The number of primary amides is 1. The summed E-state index contributed by atoms with van der Waals surface area (Å²) in [5, 5.41) is 4.23. The summed E-state index contributed by atoms with van der Waals surface area (Å²) in [4.78, 5) is 10.9. The summed E-state index contributed by atoms with van der Waals surface area (Å²) in [5.74, 6) is 1.22. The fourth-order valence-electron chi connectivity index (χ4n) is 2.71. The number of urea groups is 1. The number of hydrogen-bond acceptors (Lipinski definition) is 4. The van der Waals surface area contributed by atoms with E-state index >= 15 is 0 Å². The van der Waals surface area contributed by atoms with E-state index in [1.54, 1.807) is 12.1 Å². The summed E-state index contributed by atoms with van der Waals surface area (Å²) in [6.07, 6.45) is 0. The molecule has 0 aliphatic carbocycles. The number of nitrogens with two attached hydrogens (primary N) is 1. The Kier molecular flexibility index (Phi) is 10.9. The molecule has 3 aromatic rings. The van der Waals surface area contributed by atoms with E-state index in [0.29, 0.717) is 23.9 Å². The Balaban J connectivity index is 0.00000129. The summed E-state index contributed by atoms with van der Waals surface area (Å²) in [7, 11) is -3.77. The SMILES string of the molecule is C=C.CC.CC(C)COc1ccc2cc(NS(=O)(=O)c3ccc(NC(N)=O)cc3)ccc2c1. The van der Waals surface area contributed by atoms with Gasteiger partial charge in [-0.05, 0) is 65.2 Å². The molecule has 0 aromatic heterocycles. The van der Waals surface area contributed by atoms with Crippen LogP contribution in [-0.2, 0) is 10.0 Å². The Hall–Kier alpha value is -3.52. The lowest BCUT2D eigenvalue weighted by atomic mass is 10.1. The third-order valence-corrected chi connectivity index (χ3v) is 5.48. The number of sulfonamides is 1. The van der Waals surface area contributed by atoms with Crippen LogP contribution in [0, 0.1) is 5.92 Å². The van der Waals surface area contributed by atoms with Crippen molar-refractivity contribution in [1.82, 2.24) is 0 Å². The molecule has 3 rings (SSSR count). The Labute approximate surface area is 196 Å². The van der Waals surface area contributed by atoms with Gasteiger partial charge in [-0.3, -0.25) is 4.72 Å². The van der Waals surface area contributed by atoms with E-state index in [4.69, 9.17) is 10.5 Å². The van der Waals surface area contributed by atoms with E-state index in [-0.39, 0.29) is 4.90 Å². The molecule has 0 spiro atoms. The highest BCUT2D eigenvalue weighted by atomic mass is 32.2. The highest BCUT2D eigenvalue weighted by Gasteiger charge is 2.14. The molecule has 0 aliphatic rings. The predicted molar refractivity (Wildman–Crippen MR) is 137 cm³/mol. The van der Waals surface area contributed by atoms with Crippen LogP contribution in [0.5, 0.6) is 5.75 Å². The van der Waals surface area contributed by atoms with Gasteiger partial charge in [-0.25, -0.2) is 13.2 Å². The van der Waals surface area contributed by atoms with E-state index in [2.05, 4.69) is 37.0 Å². The van der Waals surface area contributed by atoms with Gasteiger partial charge >= 0.3 is 6.03 Å². The van der Waals surface area contributed by atoms with Crippen LogP contribution in [0.3, 0.4) is 0 Å². The fraction of sp³-hybridized carbons (Fsp3) is 0.240. The quantitative estimate of drug-likeness (QED) is 0.367. The molecule has 0 heterocycles. The second-order valence-electron chi connectivity index (χ2n) is 7.05. The van der Waals surface area contributed by atoms with Gasteiger partial charge < -0.3 is 15.8 Å². The van der Waals surface area contributed by atoms with Crippen molar-refractivity contribution in [2.45, 2.75) is 32.6 Å². The largest absolute Gasteiger partial charge is 0.493 e. The molecule has 7 nitrogen and oxygen atoms in total. The number of anilines is 2. The minimum atomic E-state index is -3.77. The van der Waals surface area contributed by atoms with Crippen LogP contribution in [0.4, 0.5) is 16.2 Å². The maximum atomic E-state index is 12.6. The number of nitrogens with one attached hydrogen (secondary N) is 2. The molecule has 178 valence electrons.